The lowest BCUT2D eigenvalue weighted by Crippen LogP contribution is -2.48. The molecule has 0 aliphatic carbocycles. The van der Waals surface area contributed by atoms with E-state index < -0.39 is 6.04 Å². The Labute approximate surface area is 182 Å². The molecule has 1 aromatic heterocycles. The number of aromatic nitrogens is 1. The summed E-state index contributed by atoms with van der Waals surface area (Å²) in [6.45, 7) is 0.591. The van der Waals surface area contributed by atoms with Crippen molar-refractivity contribution in [3.8, 4) is 0 Å². The minimum absolute atomic E-state index is 0.121. The third-order valence-electron chi connectivity index (χ3n) is 6.31. The molecule has 0 bridgehead atoms. The van der Waals surface area contributed by atoms with Gasteiger partial charge in [0.2, 0.25) is 0 Å². The quantitative estimate of drug-likeness (QED) is 0.568. The molecular weight excluding hydrogens is 392 g/mol. The van der Waals surface area contributed by atoms with Crippen molar-refractivity contribution in [2.24, 2.45) is 7.05 Å². The van der Waals surface area contributed by atoms with E-state index in [2.05, 4.69) is 40.8 Å². The summed E-state index contributed by atoms with van der Waals surface area (Å²) in [6, 6.07) is 17.8. The minimum atomic E-state index is -0.425. The molecular formula is C25H28N2O4. The number of benzene rings is 2. The van der Waals surface area contributed by atoms with Crippen molar-refractivity contribution in [2.75, 3.05) is 14.2 Å². The number of esters is 2. The van der Waals surface area contributed by atoms with Gasteiger partial charge in [-0.2, -0.15) is 0 Å². The van der Waals surface area contributed by atoms with Gasteiger partial charge >= 0.3 is 11.9 Å². The fraction of sp³-hybridized carbons (Fsp3) is 0.360. The normalized spacial score (nSPS) is 18.5. The highest BCUT2D eigenvalue weighted by Crippen LogP contribution is 2.42. The van der Waals surface area contributed by atoms with Gasteiger partial charge in [-0.05, 0) is 23.6 Å². The van der Waals surface area contributed by atoms with Crippen molar-refractivity contribution >= 4 is 22.8 Å². The first-order chi connectivity index (χ1) is 15.0. The Morgan fingerprint density at radius 1 is 1.00 bits per heavy atom. The van der Waals surface area contributed by atoms with Crippen LogP contribution in [0.2, 0.25) is 0 Å². The summed E-state index contributed by atoms with van der Waals surface area (Å²) in [4.78, 5) is 27.1. The maximum absolute atomic E-state index is 12.9. The average Bonchev–Trinajstić information content (AvgIpc) is 3.09. The zero-order valence-electron chi connectivity index (χ0n) is 18.2. The summed E-state index contributed by atoms with van der Waals surface area (Å²) in [5.41, 5.74) is 4.55. The summed E-state index contributed by atoms with van der Waals surface area (Å²) in [6.07, 6.45) is 1.41. The number of carbonyl (C=O) groups is 2. The molecule has 162 valence electrons. The molecule has 0 saturated carbocycles. The number of methoxy groups -OCH3 is 2. The lowest BCUT2D eigenvalue weighted by atomic mass is 9.88. The van der Waals surface area contributed by atoms with Crippen LogP contribution >= 0.6 is 0 Å². The van der Waals surface area contributed by atoms with Gasteiger partial charge in [-0.1, -0.05) is 48.5 Å². The number of ether oxygens (including phenoxy) is 2. The molecule has 6 nitrogen and oxygen atoms in total. The Bertz CT molecular complexity index is 1090. The Balaban J connectivity index is 1.84. The molecule has 31 heavy (non-hydrogen) atoms. The molecule has 0 saturated heterocycles. The van der Waals surface area contributed by atoms with Gasteiger partial charge in [-0.3, -0.25) is 14.5 Å². The van der Waals surface area contributed by atoms with Crippen LogP contribution in [0.3, 0.4) is 0 Å². The molecule has 4 rings (SSSR count). The van der Waals surface area contributed by atoms with Crippen LogP contribution in [0.4, 0.5) is 0 Å². The number of fused-ring (bicyclic) bond motifs is 3. The number of hydrogen-bond donors (Lipinski definition) is 0. The van der Waals surface area contributed by atoms with E-state index in [1.807, 2.05) is 30.3 Å². The van der Waals surface area contributed by atoms with Crippen molar-refractivity contribution in [3.63, 3.8) is 0 Å². The zero-order valence-corrected chi connectivity index (χ0v) is 18.2. The predicted octanol–water partition coefficient (Wildman–Crippen LogP) is 3.77. The van der Waals surface area contributed by atoms with Gasteiger partial charge in [-0.25, -0.2) is 0 Å². The second-order valence-electron chi connectivity index (χ2n) is 7.97. The van der Waals surface area contributed by atoms with Gasteiger partial charge < -0.3 is 14.0 Å². The van der Waals surface area contributed by atoms with Gasteiger partial charge in [0.15, 0.2) is 0 Å². The molecule has 0 N–H and O–H groups in total. The maximum Gasteiger partial charge on any atom is 0.323 e. The summed E-state index contributed by atoms with van der Waals surface area (Å²) in [5.74, 6) is -0.502. The second-order valence-corrected chi connectivity index (χ2v) is 7.97. The van der Waals surface area contributed by atoms with Crippen LogP contribution in [0.1, 0.15) is 35.7 Å². The molecule has 2 aromatic carbocycles. The van der Waals surface area contributed by atoms with Crippen LogP contribution in [0.15, 0.2) is 54.6 Å². The molecule has 1 aliphatic heterocycles. The van der Waals surface area contributed by atoms with Crippen molar-refractivity contribution in [1.29, 1.82) is 0 Å². The van der Waals surface area contributed by atoms with Crippen LogP contribution in [0.25, 0.3) is 10.9 Å². The first-order valence-electron chi connectivity index (χ1n) is 10.6. The topological polar surface area (TPSA) is 60.8 Å². The van der Waals surface area contributed by atoms with E-state index in [-0.39, 0.29) is 24.4 Å². The zero-order chi connectivity index (χ0) is 22.0. The number of aryl methyl sites for hydroxylation is 1. The van der Waals surface area contributed by atoms with Gasteiger partial charge in [-0.15, -0.1) is 0 Å². The van der Waals surface area contributed by atoms with E-state index in [0.29, 0.717) is 19.4 Å². The molecule has 1 aliphatic rings. The van der Waals surface area contributed by atoms with Gasteiger partial charge in [0, 0.05) is 43.0 Å². The molecule has 0 fully saturated rings. The molecule has 0 spiro atoms. The standard InChI is InChI=1S/C25H28N2O4/c1-26-20-12-8-7-11-18(20)19-15-22(25(29)31-3)27(16-17-9-5-4-6-10-17)21(24(19)26)13-14-23(28)30-2/h4-12,21-22H,13-16H2,1-3H3. The Morgan fingerprint density at radius 2 is 1.71 bits per heavy atom. The monoisotopic (exact) mass is 420 g/mol. The molecule has 0 radical (unpaired) electrons. The first kappa shape index (κ1) is 21.1. The van der Waals surface area contributed by atoms with Crippen molar-refractivity contribution in [3.05, 3.63) is 71.4 Å². The minimum Gasteiger partial charge on any atom is -0.469 e. The van der Waals surface area contributed by atoms with Gasteiger partial charge in [0.1, 0.15) is 6.04 Å². The summed E-state index contributed by atoms with van der Waals surface area (Å²) < 4.78 is 12.3. The highest BCUT2D eigenvalue weighted by molar-refractivity contribution is 5.88. The Morgan fingerprint density at radius 3 is 2.42 bits per heavy atom. The van der Waals surface area contributed by atoms with Gasteiger partial charge in [0.25, 0.3) is 0 Å². The van der Waals surface area contributed by atoms with E-state index >= 15 is 0 Å². The lowest BCUT2D eigenvalue weighted by Gasteiger charge is -2.41. The van der Waals surface area contributed by atoms with Crippen LogP contribution < -0.4 is 0 Å². The summed E-state index contributed by atoms with van der Waals surface area (Å²) in [5, 5.41) is 1.15. The molecule has 2 unspecified atom stereocenters. The van der Waals surface area contributed by atoms with E-state index in [1.54, 1.807) is 0 Å². The number of nitrogens with zero attached hydrogens (tertiary/aromatic N) is 2. The number of hydrogen-bond acceptors (Lipinski definition) is 5. The molecule has 6 heteroatoms. The maximum atomic E-state index is 12.9. The number of carbonyl (C=O) groups excluding carboxylic acids is 2. The predicted molar refractivity (Wildman–Crippen MR) is 118 cm³/mol. The van der Waals surface area contributed by atoms with Crippen molar-refractivity contribution in [2.45, 2.75) is 37.9 Å². The molecule has 2 atom stereocenters. The van der Waals surface area contributed by atoms with E-state index in [4.69, 9.17) is 9.47 Å². The van der Waals surface area contributed by atoms with Crippen LogP contribution in [0.5, 0.6) is 0 Å². The lowest BCUT2D eigenvalue weighted by molar-refractivity contribution is -0.149. The summed E-state index contributed by atoms with van der Waals surface area (Å²) >= 11 is 0. The van der Waals surface area contributed by atoms with Gasteiger partial charge in [0.05, 0.1) is 20.3 Å². The fourth-order valence-electron chi connectivity index (χ4n) is 4.84. The second kappa shape index (κ2) is 8.94. The molecule has 2 heterocycles. The summed E-state index contributed by atoms with van der Waals surface area (Å²) in [7, 11) is 4.90. The third kappa shape index (κ3) is 3.95. The number of rotatable bonds is 6. The molecule has 3 aromatic rings. The molecule has 0 amide bonds. The largest absolute Gasteiger partial charge is 0.469 e. The van der Waals surface area contributed by atoms with Crippen LogP contribution in [-0.2, 0) is 39.1 Å². The Kier molecular flexibility index (Phi) is 6.09. The average molecular weight is 421 g/mol. The first-order valence-corrected chi connectivity index (χ1v) is 10.6. The third-order valence-corrected chi connectivity index (χ3v) is 6.31. The van der Waals surface area contributed by atoms with E-state index in [9.17, 15) is 9.59 Å². The highest BCUT2D eigenvalue weighted by Gasteiger charge is 2.41. The highest BCUT2D eigenvalue weighted by atomic mass is 16.5. The Hall–Kier alpha value is -3.12. The van der Waals surface area contributed by atoms with Crippen LogP contribution in [0, 0.1) is 0 Å². The fourth-order valence-corrected chi connectivity index (χ4v) is 4.84. The number of para-hydroxylation sites is 1. The van der Waals surface area contributed by atoms with Crippen molar-refractivity contribution < 1.29 is 19.1 Å². The SMILES string of the molecule is COC(=O)CCC1c2c(c3ccccc3n2C)CC(C(=O)OC)N1Cc1ccccc1. The van der Waals surface area contributed by atoms with E-state index in [0.717, 1.165) is 27.7 Å². The smallest absolute Gasteiger partial charge is 0.323 e. The van der Waals surface area contributed by atoms with Crippen LogP contribution in [-0.4, -0.2) is 41.7 Å². The van der Waals surface area contributed by atoms with Crippen molar-refractivity contribution in [1.82, 2.24) is 9.47 Å². The van der Waals surface area contributed by atoms with E-state index in [1.165, 1.54) is 14.2 Å².